The Morgan fingerprint density at radius 1 is 1.39 bits per heavy atom. The van der Waals surface area contributed by atoms with E-state index < -0.39 is 11.2 Å². The van der Waals surface area contributed by atoms with E-state index in [1.807, 2.05) is 12.3 Å². The molecule has 2 aromatic rings. The molecule has 0 aliphatic heterocycles. The molecule has 0 aliphatic carbocycles. The fourth-order valence-electron chi connectivity index (χ4n) is 1.29. The second-order valence-electron chi connectivity index (χ2n) is 3.39. The minimum absolute atomic E-state index is 0.140. The SMILES string of the molecule is CCC(Nc1nnc(C(F)(F)F)s1)c1nccs1. The van der Waals surface area contributed by atoms with Gasteiger partial charge in [0.2, 0.25) is 10.1 Å². The minimum atomic E-state index is -4.44. The van der Waals surface area contributed by atoms with E-state index in [4.69, 9.17) is 0 Å². The van der Waals surface area contributed by atoms with Crippen LogP contribution in [-0.2, 0) is 6.18 Å². The normalized spacial score (nSPS) is 13.6. The first-order valence-electron chi connectivity index (χ1n) is 5.07. The zero-order valence-corrected chi connectivity index (χ0v) is 10.9. The number of alkyl halides is 3. The van der Waals surface area contributed by atoms with Crippen LogP contribution in [0.3, 0.4) is 0 Å². The summed E-state index contributed by atoms with van der Waals surface area (Å²) in [5, 5.41) is 11.4. The van der Waals surface area contributed by atoms with Crippen molar-refractivity contribution < 1.29 is 13.2 Å². The summed E-state index contributed by atoms with van der Waals surface area (Å²) in [6.45, 7) is 1.92. The van der Waals surface area contributed by atoms with Crippen molar-refractivity contribution in [2.75, 3.05) is 5.32 Å². The summed E-state index contributed by atoms with van der Waals surface area (Å²) >= 11 is 1.95. The van der Waals surface area contributed by atoms with Crippen LogP contribution in [0.25, 0.3) is 0 Å². The molecular weight excluding hydrogens is 285 g/mol. The van der Waals surface area contributed by atoms with Gasteiger partial charge >= 0.3 is 6.18 Å². The molecule has 0 saturated carbocycles. The predicted molar refractivity (Wildman–Crippen MR) is 63.7 cm³/mol. The topological polar surface area (TPSA) is 50.7 Å². The van der Waals surface area contributed by atoms with Crippen molar-refractivity contribution in [3.05, 3.63) is 21.6 Å². The van der Waals surface area contributed by atoms with Gasteiger partial charge in [0.15, 0.2) is 0 Å². The maximum Gasteiger partial charge on any atom is 0.445 e. The summed E-state index contributed by atoms with van der Waals surface area (Å²) in [6.07, 6.45) is -2.08. The second-order valence-corrected chi connectivity index (χ2v) is 5.29. The molecule has 0 aromatic carbocycles. The largest absolute Gasteiger partial charge is 0.445 e. The molecule has 2 heterocycles. The standard InChI is InChI=1S/C9H9F3N4S2/c1-2-5(6-13-3-4-17-6)14-8-16-15-7(18-8)9(10,11)12/h3-5H,2H2,1H3,(H,14,16). The lowest BCUT2D eigenvalue weighted by Gasteiger charge is -2.12. The first kappa shape index (κ1) is 13.2. The Bertz CT molecular complexity index is 494. The Labute approximate surface area is 109 Å². The predicted octanol–water partition coefficient (Wildman–Crippen LogP) is 3.58. The highest BCUT2D eigenvalue weighted by atomic mass is 32.1. The van der Waals surface area contributed by atoms with Gasteiger partial charge in [-0.2, -0.15) is 13.2 Å². The highest BCUT2D eigenvalue weighted by Crippen LogP contribution is 2.34. The van der Waals surface area contributed by atoms with Gasteiger partial charge in [-0.15, -0.1) is 21.5 Å². The average molecular weight is 294 g/mol. The van der Waals surface area contributed by atoms with Gasteiger partial charge in [0.25, 0.3) is 0 Å². The number of rotatable bonds is 4. The van der Waals surface area contributed by atoms with Crippen LogP contribution in [0, 0.1) is 0 Å². The zero-order valence-electron chi connectivity index (χ0n) is 9.23. The van der Waals surface area contributed by atoms with Crippen molar-refractivity contribution in [2.45, 2.75) is 25.6 Å². The molecule has 18 heavy (non-hydrogen) atoms. The molecule has 1 N–H and O–H groups in total. The molecule has 0 radical (unpaired) electrons. The number of aromatic nitrogens is 3. The van der Waals surface area contributed by atoms with Crippen LogP contribution in [0.15, 0.2) is 11.6 Å². The van der Waals surface area contributed by atoms with Gasteiger partial charge in [-0.05, 0) is 6.42 Å². The van der Waals surface area contributed by atoms with Crippen molar-refractivity contribution in [3.63, 3.8) is 0 Å². The molecule has 2 rings (SSSR count). The van der Waals surface area contributed by atoms with Crippen molar-refractivity contribution in [3.8, 4) is 0 Å². The number of nitrogens with one attached hydrogen (secondary N) is 1. The molecule has 4 nitrogen and oxygen atoms in total. The van der Waals surface area contributed by atoms with Crippen LogP contribution in [0.5, 0.6) is 0 Å². The molecule has 1 unspecified atom stereocenters. The van der Waals surface area contributed by atoms with Crippen molar-refractivity contribution in [1.82, 2.24) is 15.2 Å². The molecular formula is C9H9F3N4S2. The monoisotopic (exact) mass is 294 g/mol. The van der Waals surface area contributed by atoms with E-state index in [1.54, 1.807) is 6.20 Å². The van der Waals surface area contributed by atoms with Crippen molar-refractivity contribution in [1.29, 1.82) is 0 Å². The van der Waals surface area contributed by atoms with Gasteiger partial charge in [-0.3, -0.25) is 0 Å². The Morgan fingerprint density at radius 3 is 2.67 bits per heavy atom. The van der Waals surface area contributed by atoms with Crippen LogP contribution in [-0.4, -0.2) is 15.2 Å². The van der Waals surface area contributed by atoms with Crippen molar-refractivity contribution in [2.24, 2.45) is 0 Å². The second kappa shape index (κ2) is 5.19. The van der Waals surface area contributed by atoms with Gasteiger partial charge in [0.1, 0.15) is 5.01 Å². The fourth-order valence-corrected chi connectivity index (χ4v) is 2.73. The van der Waals surface area contributed by atoms with Crippen LogP contribution in [0.2, 0.25) is 0 Å². The van der Waals surface area contributed by atoms with E-state index in [0.29, 0.717) is 17.8 Å². The molecule has 98 valence electrons. The first-order chi connectivity index (χ1) is 8.50. The Hall–Kier alpha value is -1.22. The summed E-state index contributed by atoms with van der Waals surface area (Å²) in [4.78, 5) is 4.13. The smallest absolute Gasteiger partial charge is 0.351 e. The van der Waals surface area contributed by atoms with Gasteiger partial charge in [-0.25, -0.2) is 4.98 Å². The van der Waals surface area contributed by atoms with E-state index in [0.717, 1.165) is 5.01 Å². The number of thiazole rings is 1. The Morgan fingerprint density at radius 2 is 2.17 bits per heavy atom. The van der Waals surface area contributed by atoms with Gasteiger partial charge in [-0.1, -0.05) is 18.3 Å². The molecule has 1 atom stereocenters. The Balaban J connectivity index is 2.11. The summed E-state index contributed by atoms with van der Waals surface area (Å²) in [7, 11) is 0. The molecule has 0 aliphatic rings. The lowest BCUT2D eigenvalue weighted by Crippen LogP contribution is -2.08. The quantitative estimate of drug-likeness (QED) is 0.936. The third kappa shape index (κ3) is 2.96. The minimum Gasteiger partial charge on any atom is -0.351 e. The van der Waals surface area contributed by atoms with E-state index in [1.165, 1.54) is 11.3 Å². The molecule has 0 bridgehead atoms. The van der Waals surface area contributed by atoms with E-state index >= 15 is 0 Å². The van der Waals surface area contributed by atoms with Crippen LogP contribution < -0.4 is 5.32 Å². The lowest BCUT2D eigenvalue weighted by atomic mass is 10.2. The number of anilines is 1. The van der Waals surface area contributed by atoms with E-state index in [9.17, 15) is 13.2 Å². The number of halogens is 3. The molecule has 9 heteroatoms. The first-order valence-corrected chi connectivity index (χ1v) is 6.77. The summed E-state index contributed by atoms with van der Waals surface area (Å²) in [5.74, 6) is 0. The molecule has 0 spiro atoms. The molecule has 0 fully saturated rings. The molecule has 2 aromatic heterocycles. The van der Waals surface area contributed by atoms with Gasteiger partial charge in [0.05, 0.1) is 6.04 Å². The molecule has 0 amide bonds. The molecule has 0 saturated heterocycles. The number of hydrogen-bond acceptors (Lipinski definition) is 6. The third-order valence-electron chi connectivity index (χ3n) is 2.12. The lowest BCUT2D eigenvalue weighted by molar-refractivity contribution is -0.138. The zero-order chi connectivity index (χ0) is 13.2. The maximum atomic E-state index is 12.4. The van der Waals surface area contributed by atoms with E-state index in [-0.39, 0.29) is 11.2 Å². The van der Waals surface area contributed by atoms with Crippen LogP contribution in [0.4, 0.5) is 18.3 Å². The van der Waals surface area contributed by atoms with Crippen molar-refractivity contribution >= 4 is 27.8 Å². The highest BCUT2D eigenvalue weighted by Gasteiger charge is 2.35. The highest BCUT2D eigenvalue weighted by molar-refractivity contribution is 7.15. The van der Waals surface area contributed by atoms with Gasteiger partial charge < -0.3 is 5.32 Å². The van der Waals surface area contributed by atoms with E-state index in [2.05, 4.69) is 20.5 Å². The number of nitrogens with zero attached hydrogens (tertiary/aromatic N) is 3. The Kier molecular flexibility index (Phi) is 3.81. The third-order valence-corrected chi connectivity index (χ3v) is 3.91. The fraction of sp³-hybridized carbons (Fsp3) is 0.444. The van der Waals surface area contributed by atoms with Gasteiger partial charge in [0, 0.05) is 11.6 Å². The average Bonchev–Trinajstić information content (AvgIpc) is 2.95. The summed E-state index contributed by atoms with van der Waals surface area (Å²) < 4.78 is 37.1. The maximum absolute atomic E-state index is 12.4. The van der Waals surface area contributed by atoms with Crippen LogP contribution in [0.1, 0.15) is 29.4 Å². The summed E-state index contributed by atoms with van der Waals surface area (Å²) in [5.41, 5.74) is 0. The van der Waals surface area contributed by atoms with Crippen LogP contribution >= 0.6 is 22.7 Å². The summed E-state index contributed by atoms with van der Waals surface area (Å²) in [6, 6.07) is -0.140. The number of hydrogen-bond donors (Lipinski definition) is 1.